The summed E-state index contributed by atoms with van der Waals surface area (Å²) >= 11 is 0. The largest absolute Gasteiger partial charge is 0.494 e. The van der Waals surface area contributed by atoms with Gasteiger partial charge >= 0.3 is 0 Å². The maximum absolute atomic E-state index is 10.7. The Balaban J connectivity index is 3.42. The van der Waals surface area contributed by atoms with Gasteiger partial charge in [0.15, 0.2) is 12.6 Å². The van der Waals surface area contributed by atoms with Crippen molar-refractivity contribution in [2.75, 3.05) is 6.61 Å². The van der Waals surface area contributed by atoms with E-state index in [1.807, 2.05) is 0 Å². The molecule has 1 rings (SSSR count). The minimum Gasteiger partial charge on any atom is -0.494 e. The Morgan fingerprint density at radius 2 is 2.06 bits per heavy atom. The van der Waals surface area contributed by atoms with Crippen LogP contribution in [0, 0.1) is 10.1 Å². The van der Waals surface area contributed by atoms with Gasteiger partial charge in [-0.05, 0) is 13.0 Å². The average molecular weight is 223 g/mol. The van der Waals surface area contributed by atoms with E-state index in [-0.39, 0.29) is 23.2 Å². The zero-order valence-electron chi connectivity index (χ0n) is 8.50. The Bertz CT molecular complexity index is 441. The number of aldehydes is 2. The first-order valence-corrected chi connectivity index (χ1v) is 4.49. The van der Waals surface area contributed by atoms with Crippen LogP contribution < -0.4 is 4.74 Å². The van der Waals surface area contributed by atoms with Crippen LogP contribution >= 0.6 is 0 Å². The molecule has 0 unspecified atom stereocenters. The molecule has 0 N–H and O–H groups in total. The number of carbonyl (C=O) groups excluding carboxylic acids is 2. The Hall–Kier alpha value is -2.24. The molecule has 0 bridgehead atoms. The fourth-order valence-electron chi connectivity index (χ4n) is 1.26. The number of nitrogens with zero attached hydrogens (tertiary/aromatic N) is 1. The first-order valence-electron chi connectivity index (χ1n) is 4.49. The molecule has 0 spiro atoms. The van der Waals surface area contributed by atoms with Crippen molar-refractivity contribution in [3.8, 4) is 5.75 Å². The van der Waals surface area contributed by atoms with Crippen LogP contribution in [0.4, 0.5) is 5.69 Å². The fraction of sp³-hybridized carbons (Fsp3) is 0.200. The standard InChI is InChI=1S/C10H9NO5/c1-2-16-8-3-7(5-12)9(6-13)10(4-8)11(14)15/h3-6H,2H2,1H3. The first-order chi connectivity index (χ1) is 7.63. The van der Waals surface area contributed by atoms with Gasteiger partial charge in [0.2, 0.25) is 0 Å². The number of carbonyl (C=O) groups is 2. The maximum atomic E-state index is 10.7. The molecule has 1 aromatic rings. The van der Waals surface area contributed by atoms with Gasteiger partial charge in [-0.25, -0.2) is 0 Å². The van der Waals surface area contributed by atoms with Gasteiger partial charge < -0.3 is 4.74 Å². The van der Waals surface area contributed by atoms with E-state index in [1.54, 1.807) is 6.92 Å². The Kier molecular flexibility index (Phi) is 3.71. The molecule has 6 heteroatoms. The number of nitro groups is 1. The third-order valence-corrected chi connectivity index (χ3v) is 1.92. The van der Waals surface area contributed by atoms with Crippen molar-refractivity contribution in [2.24, 2.45) is 0 Å². The van der Waals surface area contributed by atoms with Gasteiger partial charge in [-0.1, -0.05) is 0 Å². The molecule has 1 aromatic carbocycles. The smallest absolute Gasteiger partial charge is 0.284 e. The van der Waals surface area contributed by atoms with Gasteiger partial charge in [-0.3, -0.25) is 19.7 Å². The molecule has 0 atom stereocenters. The van der Waals surface area contributed by atoms with Crippen molar-refractivity contribution in [3.05, 3.63) is 33.4 Å². The maximum Gasteiger partial charge on any atom is 0.284 e. The number of hydrogen-bond donors (Lipinski definition) is 0. The van der Waals surface area contributed by atoms with Crippen molar-refractivity contribution < 1.29 is 19.2 Å². The topological polar surface area (TPSA) is 86.5 Å². The van der Waals surface area contributed by atoms with Gasteiger partial charge in [-0.15, -0.1) is 0 Å². The molecule has 6 nitrogen and oxygen atoms in total. The van der Waals surface area contributed by atoms with E-state index < -0.39 is 10.6 Å². The number of benzene rings is 1. The molecule has 0 aliphatic heterocycles. The highest BCUT2D eigenvalue weighted by Crippen LogP contribution is 2.26. The van der Waals surface area contributed by atoms with Gasteiger partial charge in [-0.2, -0.15) is 0 Å². The third-order valence-electron chi connectivity index (χ3n) is 1.92. The predicted octanol–water partition coefficient (Wildman–Crippen LogP) is 1.62. The molecule has 16 heavy (non-hydrogen) atoms. The summed E-state index contributed by atoms with van der Waals surface area (Å²) < 4.78 is 5.06. The van der Waals surface area contributed by atoms with E-state index in [1.165, 1.54) is 6.07 Å². The van der Waals surface area contributed by atoms with E-state index in [4.69, 9.17) is 4.74 Å². The molecular formula is C10H9NO5. The fourth-order valence-corrected chi connectivity index (χ4v) is 1.26. The third kappa shape index (κ3) is 2.22. The number of ether oxygens (including phenoxy) is 1. The van der Waals surface area contributed by atoms with Crippen molar-refractivity contribution >= 4 is 18.3 Å². The molecule has 84 valence electrons. The van der Waals surface area contributed by atoms with Gasteiger partial charge in [0.1, 0.15) is 11.3 Å². The number of rotatable bonds is 5. The molecule has 0 fully saturated rings. The Morgan fingerprint density at radius 1 is 1.38 bits per heavy atom. The molecule has 0 heterocycles. The van der Waals surface area contributed by atoms with Crippen molar-refractivity contribution in [3.63, 3.8) is 0 Å². The van der Waals surface area contributed by atoms with Gasteiger partial charge in [0.25, 0.3) is 5.69 Å². The van der Waals surface area contributed by atoms with Crippen LogP contribution in [0.5, 0.6) is 5.75 Å². The lowest BCUT2D eigenvalue weighted by Crippen LogP contribution is -2.01. The van der Waals surface area contributed by atoms with E-state index in [9.17, 15) is 19.7 Å². The van der Waals surface area contributed by atoms with Crippen molar-refractivity contribution in [2.45, 2.75) is 6.92 Å². The molecule has 0 saturated carbocycles. The monoisotopic (exact) mass is 223 g/mol. The lowest BCUT2D eigenvalue weighted by molar-refractivity contribution is -0.385. The van der Waals surface area contributed by atoms with Crippen LogP contribution in [0.15, 0.2) is 12.1 Å². The minimum absolute atomic E-state index is 0.0485. The van der Waals surface area contributed by atoms with Crippen LogP contribution in [-0.2, 0) is 0 Å². The SMILES string of the molecule is CCOc1cc(C=O)c(C=O)c([N+](=O)[O-])c1. The lowest BCUT2D eigenvalue weighted by Gasteiger charge is -2.05. The zero-order chi connectivity index (χ0) is 12.1. The predicted molar refractivity (Wildman–Crippen MR) is 55.0 cm³/mol. The minimum atomic E-state index is -0.723. The molecule has 0 saturated heterocycles. The highest BCUT2D eigenvalue weighted by Gasteiger charge is 2.19. The van der Waals surface area contributed by atoms with E-state index in [2.05, 4.69) is 0 Å². The summed E-state index contributed by atoms with van der Waals surface area (Å²) in [5.41, 5.74) is -0.709. The molecule has 0 amide bonds. The van der Waals surface area contributed by atoms with Crippen molar-refractivity contribution in [1.29, 1.82) is 0 Å². The van der Waals surface area contributed by atoms with E-state index >= 15 is 0 Å². The molecule has 0 aliphatic rings. The normalized spacial score (nSPS) is 9.56. The molecule has 0 aliphatic carbocycles. The number of hydrogen-bond acceptors (Lipinski definition) is 5. The van der Waals surface area contributed by atoms with Gasteiger partial charge in [0, 0.05) is 5.56 Å². The quantitative estimate of drug-likeness (QED) is 0.430. The summed E-state index contributed by atoms with van der Waals surface area (Å²) in [6.07, 6.45) is 0.677. The second-order valence-corrected chi connectivity index (χ2v) is 2.87. The summed E-state index contributed by atoms with van der Waals surface area (Å²) in [5, 5.41) is 10.7. The lowest BCUT2D eigenvalue weighted by atomic mass is 10.1. The summed E-state index contributed by atoms with van der Waals surface area (Å²) in [6.45, 7) is 2.02. The average Bonchev–Trinajstić information content (AvgIpc) is 2.28. The van der Waals surface area contributed by atoms with Gasteiger partial charge in [0.05, 0.1) is 17.6 Å². The van der Waals surface area contributed by atoms with Crippen LogP contribution in [0.3, 0.4) is 0 Å². The van der Waals surface area contributed by atoms with Crippen LogP contribution in [0.2, 0.25) is 0 Å². The summed E-state index contributed by atoms with van der Waals surface area (Å²) in [5.74, 6) is 0.196. The number of nitro benzene ring substituents is 1. The second-order valence-electron chi connectivity index (χ2n) is 2.87. The molecule has 0 radical (unpaired) electrons. The second kappa shape index (κ2) is 5.01. The molecule has 0 aromatic heterocycles. The van der Waals surface area contributed by atoms with E-state index in [0.29, 0.717) is 12.9 Å². The summed E-state index contributed by atoms with van der Waals surface area (Å²) in [7, 11) is 0. The Labute approximate surface area is 91.0 Å². The Morgan fingerprint density at radius 3 is 2.50 bits per heavy atom. The summed E-state index contributed by atoms with van der Waals surface area (Å²) in [4.78, 5) is 31.3. The van der Waals surface area contributed by atoms with Crippen molar-refractivity contribution in [1.82, 2.24) is 0 Å². The first kappa shape index (κ1) is 11.8. The summed E-state index contributed by atoms with van der Waals surface area (Å²) in [6, 6.07) is 2.42. The van der Waals surface area contributed by atoms with Crippen LogP contribution in [0.25, 0.3) is 0 Å². The van der Waals surface area contributed by atoms with Crippen LogP contribution in [0.1, 0.15) is 27.6 Å². The van der Waals surface area contributed by atoms with Crippen LogP contribution in [-0.4, -0.2) is 24.1 Å². The zero-order valence-corrected chi connectivity index (χ0v) is 8.50. The highest BCUT2D eigenvalue weighted by molar-refractivity contribution is 5.94. The van der Waals surface area contributed by atoms with E-state index in [0.717, 1.165) is 6.07 Å². The highest BCUT2D eigenvalue weighted by atomic mass is 16.6. The molecular weight excluding hydrogens is 214 g/mol.